The van der Waals surface area contributed by atoms with Crippen LogP contribution in [0, 0.1) is 0 Å². The predicted molar refractivity (Wildman–Crippen MR) is 49.2 cm³/mol. The summed E-state index contributed by atoms with van der Waals surface area (Å²) >= 11 is 0. The summed E-state index contributed by atoms with van der Waals surface area (Å²) in [6.07, 6.45) is 1.10. The minimum atomic E-state index is -3.84. The number of rotatable bonds is 5. The second kappa shape index (κ2) is 5.50. The zero-order valence-electron chi connectivity index (χ0n) is 7.48. The first-order valence-electron chi connectivity index (χ1n) is 3.97. The van der Waals surface area contributed by atoms with Crippen LogP contribution in [0.5, 0.6) is 0 Å². The van der Waals surface area contributed by atoms with E-state index in [9.17, 15) is 13.8 Å². The third kappa shape index (κ3) is 4.00. The summed E-state index contributed by atoms with van der Waals surface area (Å²) in [7, 11) is -3.84. The van der Waals surface area contributed by atoms with E-state index in [1.54, 1.807) is 0 Å². The zero-order valence-corrected chi connectivity index (χ0v) is 8.38. The van der Waals surface area contributed by atoms with Crippen molar-refractivity contribution in [2.24, 2.45) is 5.73 Å². The molecule has 0 fully saturated rings. The van der Waals surface area contributed by atoms with E-state index >= 15 is 0 Å². The van der Waals surface area contributed by atoms with Crippen LogP contribution >= 0.6 is 7.37 Å². The molecule has 0 aliphatic rings. The molecule has 4 nitrogen and oxygen atoms in total. The van der Waals surface area contributed by atoms with Gasteiger partial charge in [-0.1, -0.05) is 6.08 Å². The van der Waals surface area contributed by atoms with Gasteiger partial charge in [0.1, 0.15) is 5.83 Å². The maximum Gasteiger partial charge on any atom is 0.235 e. The van der Waals surface area contributed by atoms with Crippen molar-refractivity contribution in [3.63, 3.8) is 0 Å². The Labute approximate surface area is 76.7 Å². The van der Waals surface area contributed by atoms with Crippen molar-refractivity contribution in [2.75, 3.05) is 12.7 Å². The second-order valence-corrected chi connectivity index (χ2v) is 5.12. The molecule has 2 unspecified atom stereocenters. The average molecular weight is 211 g/mol. The third-order valence-electron chi connectivity index (χ3n) is 1.59. The first-order valence-corrected chi connectivity index (χ1v) is 5.88. The fraction of sp³-hybridized carbons (Fsp3) is 0.714. The van der Waals surface area contributed by atoms with Crippen molar-refractivity contribution in [3.05, 3.63) is 11.9 Å². The summed E-state index contributed by atoms with van der Waals surface area (Å²) in [5.41, 5.74) is 5.12. The highest BCUT2D eigenvalue weighted by Gasteiger charge is 2.31. The van der Waals surface area contributed by atoms with E-state index in [0.29, 0.717) is 6.42 Å². The first kappa shape index (κ1) is 12.8. The monoisotopic (exact) mass is 211 g/mol. The van der Waals surface area contributed by atoms with Crippen LogP contribution < -0.4 is 5.73 Å². The Morgan fingerprint density at radius 2 is 2.31 bits per heavy atom. The van der Waals surface area contributed by atoms with Crippen LogP contribution in [0.1, 0.15) is 13.3 Å². The lowest BCUT2D eigenvalue weighted by atomic mass is 10.5. The molecular formula is C7H15FNO3P. The smallest absolute Gasteiger partial charge is 0.235 e. The maximum absolute atomic E-state index is 12.7. The van der Waals surface area contributed by atoms with Gasteiger partial charge in [-0.2, -0.15) is 0 Å². The van der Waals surface area contributed by atoms with Crippen LogP contribution in [0.4, 0.5) is 4.39 Å². The number of hydrogen-bond donors (Lipinski definition) is 3. The Morgan fingerprint density at radius 3 is 2.69 bits per heavy atom. The highest BCUT2D eigenvalue weighted by Crippen LogP contribution is 2.48. The van der Waals surface area contributed by atoms with Gasteiger partial charge in [0.15, 0.2) is 5.85 Å². The summed E-state index contributed by atoms with van der Waals surface area (Å²) in [4.78, 5) is 9.18. The SMILES string of the molecule is CC=C(F)C(O)P(=O)(O)CCCN. The Kier molecular flexibility index (Phi) is 5.40. The molecule has 0 aromatic heterocycles. The highest BCUT2D eigenvalue weighted by molar-refractivity contribution is 7.58. The quantitative estimate of drug-likeness (QED) is 0.587. The fourth-order valence-corrected chi connectivity index (χ4v) is 2.20. The van der Waals surface area contributed by atoms with Crippen molar-refractivity contribution in [1.82, 2.24) is 0 Å². The molecule has 13 heavy (non-hydrogen) atoms. The Balaban J connectivity index is 4.36. The molecule has 0 amide bonds. The normalized spacial score (nSPS) is 19.6. The molecule has 0 rings (SSSR count). The Hall–Kier alpha value is -0.220. The molecule has 0 saturated carbocycles. The topological polar surface area (TPSA) is 83.5 Å². The van der Waals surface area contributed by atoms with E-state index in [-0.39, 0.29) is 12.7 Å². The van der Waals surface area contributed by atoms with Gasteiger partial charge in [-0.05, 0) is 19.9 Å². The van der Waals surface area contributed by atoms with Gasteiger partial charge < -0.3 is 15.7 Å². The van der Waals surface area contributed by atoms with Gasteiger partial charge in [-0.15, -0.1) is 0 Å². The molecule has 2 atom stereocenters. The van der Waals surface area contributed by atoms with Gasteiger partial charge in [0, 0.05) is 6.16 Å². The summed E-state index contributed by atoms with van der Waals surface area (Å²) in [5.74, 6) is -2.87. The molecule has 0 saturated heterocycles. The Morgan fingerprint density at radius 1 is 1.77 bits per heavy atom. The molecule has 0 aromatic rings. The minimum Gasteiger partial charge on any atom is -0.376 e. The third-order valence-corrected chi connectivity index (χ3v) is 3.56. The number of aliphatic hydroxyl groups is 1. The molecule has 4 N–H and O–H groups in total. The van der Waals surface area contributed by atoms with Crippen molar-refractivity contribution in [2.45, 2.75) is 19.2 Å². The van der Waals surface area contributed by atoms with E-state index < -0.39 is 19.0 Å². The summed E-state index contributed by atoms with van der Waals surface area (Å²) in [6.45, 7) is 1.59. The standard InChI is InChI=1S/C7H15FNO3P/c1-2-6(8)7(10)13(11,12)5-3-4-9/h2,7,10H,3-5,9H2,1H3,(H,11,12). The van der Waals surface area contributed by atoms with Gasteiger partial charge in [0.25, 0.3) is 0 Å². The van der Waals surface area contributed by atoms with Crippen molar-refractivity contribution >= 4 is 7.37 Å². The largest absolute Gasteiger partial charge is 0.376 e. The summed E-state index contributed by atoms with van der Waals surface area (Å²) < 4.78 is 23.9. The molecule has 0 aromatic carbocycles. The lowest BCUT2D eigenvalue weighted by molar-refractivity contribution is 0.233. The van der Waals surface area contributed by atoms with E-state index in [2.05, 4.69) is 0 Å². The van der Waals surface area contributed by atoms with Crippen LogP contribution in [-0.2, 0) is 4.57 Å². The minimum absolute atomic E-state index is 0.161. The molecule has 6 heteroatoms. The molecule has 0 bridgehead atoms. The summed E-state index contributed by atoms with van der Waals surface area (Å²) in [6, 6.07) is 0. The van der Waals surface area contributed by atoms with Crippen molar-refractivity contribution < 1.29 is 19.0 Å². The average Bonchev–Trinajstić information content (AvgIpc) is 2.12. The number of allylic oxidation sites excluding steroid dienone is 1. The lowest BCUT2D eigenvalue weighted by Gasteiger charge is -2.15. The van der Waals surface area contributed by atoms with Crippen LogP contribution in [0.15, 0.2) is 11.9 Å². The lowest BCUT2D eigenvalue weighted by Crippen LogP contribution is -2.12. The van der Waals surface area contributed by atoms with E-state index in [1.165, 1.54) is 6.92 Å². The van der Waals surface area contributed by atoms with Gasteiger partial charge >= 0.3 is 0 Å². The first-order chi connectivity index (χ1) is 5.95. The molecule has 0 aliphatic carbocycles. The second-order valence-electron chi connectivity index (χ2n) is 2.67. The van der Waals surface area contributed by atoms with Crippen LogP contribution in [0.3, 0.4) is 0 Å². The van der Waals surface area contributed by atoms with Crippen LogP contribution in [0.2, 0.25) is 0 Å². The zero-order chi connectivity index (χ0) is 10.5. The van der Waals surface area contributed by atoms with Gasteiger partial charge in [0.2, 0.25) is 7.37 Å². The van der Waals surface area contributed by atoms with Crippen LogP contribution in [-0.4, -0.2) is 28.6 Å². The molecule has 0 aliphatic heterocycles. The molecule has 0 spiro atoms. The molecular weight excluding hydrogens is 196 g/mol. The number of aliphatic hydroxyl groups excluding tert-OH is 1. The van der Waals surface area contributed by atoms with E-state index in [4.69, 9.17) is 10.8 Å². The summed E-state index contributed by atoms with van der Waals surface area (Å²) in [5, 5.41) is 9.07. The molecule has 78 valence electrons. The molecule has 0 heterocycles. The number of nitrogens with two attached hydrogens (primary N) is 1. The maximum atomic E-state index is 12.7. The Bertz CT molecular complexity index is 232. The van der Waals surface area contributed by atoms with E-state index in [1.807, 2.05) is 0 Å². The number of halogens is 1. The molecule has 0 radical (unpaired) electrons. The van der Waals surface area contributed by atoms with Crippen LogP contribution in [0.25, 0.3) is 0 Å². The van der Waals surface area contributed by atoms with Crippen molar-refractivity contribution in [3.8, 4) is 0 Å². The number of hydrogen-bond acceptors (Lipinski definition) is 3. The van der Waals surface area contributed by atoms with Crippen molar-refractivity contribution in [1.29, 1.82) is 0 Å². The highest BCUT2D eigenvalue weighted by atomic mass is 31.2. The van der Waals surface area contributed by atoms with Gasteiger partial charge in [0.05, 0.1) is 0 Å². The fourth-order valence-electron chi connectivity index (χ4n) is 0.782. The van der Waals surface area contributed by atoms with Gasteiger partial charge in [-0.25, -0.2) is 4.39 Å². The predicted octanol–water partition coefficient (Wildman–Crippen LogP) is 0.797. The van der Waals surface area contributed by atoms with Gasteiger partial charge in [-0.3, -0.25) is 4.57 Å². The van der Waals surface area contributed by atoms with E-state index in [0.717, 1.165) is 6.08 Å².